The van der Waals surface area contributed by atoms with Crippen molar-refractivity contribution in [2.24, 2.45) is 0 Å². The van der Waals surface area contributed by atoms with Crippen LogP contribution in [-0.2, 0) is 11.2 Å². The van der Waals surface area contributed by atoms with E-state index in [4.69, 9.17) is 25.8 Å². The summed E-state index contributed by atoms with van der Waals surface area (Å²) in [6.45, 7) is 2.66. The van der Waals surface area contributed by atoms with Gasteiger partial charge in [-0.05, 0) is 61.7 Å². The van der Waals surface area contributed by atoms with Crippen molar-refractivity contribution in [2.45, 2.75) is 19.8 Å². The maximum absolute atomic E-state index is 12.3. The van der Waals surface area contributed by atoms with E-state index in [9.17, 15) is 4.79 Å². The van der Waals surface area contributed by atoms with Gasteiger partial charge in [-0.3, -0.25) is 0 Å². The molecule has 0 radical (unpaired) electrons. The zero-order valence-electron chi connectivity index (χ0n) is 15.4. The van der Waals surface area contributed by atoms with Crippen molar-refractivity contribution in [3.8, 4) is 11.5 Å². The van der Waals surface area contributed by atoms with Crippen LogP contribution in [0.2, 0.25) is 5.02 Å². The molecule has 0 atom stereocenters. The van der Waals surface area contributed by atoms with Crippen LogP contribution in [-0.4, -0.2) is 31.3 Å². The van der Waals surface area contributed by atoms with Gasteiger partial charge in [-0.2, -0.15) is 0 Å². The number of aromatic amines is 1. The van der Waals surface area contributed by atoms with E-state index in [-0.39, 0.29) is 5.97 Å². The Labute approximate surface area is 163 Å². The van der Waals surface area contributed by atoms with Crippen molar-refractivity contribution in [3.63, 3.8) is 0 Å². The van der Waals surface area contributed by atoms with Crippen LogP contribution in [0.5, 0.6) is 11.5 Å². The van der Waals surface area contributed by atoms with E-state index < -0.39 is 0 Å². The molecule has 5 nitrogen and oxygen atoms in total. The van der Waals surface area contributed by atoms with Crippen molar-refractivity contribution in [3.05, 3.63) is 58.7 Å². The van der Waals surface area contributed by atoms with Crippen LogP contribution >= 0.6 is 11.6 Å². The zero-order valence-corrected chi connectivity index (χ0v) is 16.1. The quantitative estimate of drug-likeness (QED) is 0.435. The van der Waals surface area contributed by atoms with Crippen LogP contribution in [0.3, 0.4) is 0 Å². The second kappa shape index (κ2) is 8.82. The fourth-order valence-electron chi connectivity index (χ4n) is 2.98. The SMILES string of the molecule is CCOC(=O)c1[nH]c2cc(Cl)ccc2c1CCCOc1ccc(OC)cc1. The monoisotopic (exact) mass is 387 g/mol. The predicted molar refractivity (Wildman–Crippen MR) is 106 cm³/mol. The maximum atomic E-state index is 12.3. The van der Waals surface area contributed by atoms with Gasteiger partial charge in [-0.1, -0.05) is 17.7 Å². The van der Waals surface area contributed by atoms with Crippen molar-refractivity contribution in [1.82, 2.24) is 4.98 Å². The number of hydrogen-bond donors (Lipinski definition) is 1. The summed E-state index contributed by atoms with van der Waals surface area (Å²) in [4.78, 5) is 15.5. The summed E-state index contributed by atoms with van der Waals surface area (Å²) in [6.07, 6.45) is 1.44. The first-order valence-electron chi connectivity index (χ1n) is 8.86. The number of aromatic nitrogens is 1. The van der Waals surface area contributed by atoms with E-state index in [1.807, 2.05) is 42.5 Å². The molecular weight excluding hydrogens is 366 g/mol. The van der Waals surface area contributed by atoms with E-state index in [0.717, 1.165) is 34.4 Å². The lowest BCUT2D eigenvalue weighted by Crippen LogP contribution is -2.09. The number of benzene rings is 2. The molecule has 0 aliphatic carbocycles. The van der Waals surface area contributed by atoms with Crippen molar-refractivity contribution < 1.29 is 19.0 Å². The minimum absolute atomic E-state index is 0.328. The molecule has 3 rings (SSSR count). The summed E-state index contributed by atoms with van der Waals surface area (Å²) in [5.74, 6) is 1.22. The minimum Gasteiger partial charge on any atom is -0.497 e. The lowest BCUT2D eigenvalue weighted by Gasteiger charge is -2.08. The molecule has 0 aliphatic heterocycles. The van der Waals surface area contributed by atoms with Gasteiger partial charge < -0.3 is 19.2 Å². The van der Waals surface area contributed by atoms with Gasteiger partial charge in [-0.15, -0.1) is 0 Å². The molecule has 0 aliphatic rings. The van der Waals surface area contributed by atoms with Crippen molar-refractivity contribution in [2.75, 3.05) is 20.3 Å². The number of rotatable bonds is 8. The average Bonchev–Trinajstić information content (AvgIpc) is 3.03. The third-order valence-electron chi connectivity index (χ3n) is 4.25. The molecule has 0 amide bonds. The Kier molecular flexibility index (Phi) is 6.24. The number of carbonyl (C=O) groups is 1. The summed E-state index contributed by atoms with van der Waals surface area (Å²) < 4.78 is 16.1. The van der Waals surface area contributed by atoms with Gasteiger partial charge in [0.2, 0.25) is 0 Å². The zero-order chi connectivity index (χ0) is 19.2. The van der Waals surface area contributed by atoms with Gasteiger partial charge >= 0.3 is 5.97 Å². The molecule has 1 heterocycles. The van der Waals surface area contributed by atoms with Crippen LogP contribution in [0.25, 0.3) is 10.9 Å². The molecule has 0 saturated heterocycles. The molecule has 0 fully saturated rings. The summed E-state index contributed by atoms with van der Waals surface area (Å²) in [6, 6.07) is 13.0. The molecule has 6 heteroatoms. The fraction of sp³-hybridized carbons (Fsp3) is 0.286. The van der Waals surface area contributed by atoms with Crippen molar-refractivity contribution >= 4 is 28.5 Å². The van der Waals surface area contributed by atoms with Crippen LogP contribution in [0.1, 0.15) is 29.4 Å². The highest BCUT2D eigenvalue weighted by Crippen LogP contribution is 2.27. The molecular formula is C21H22ClNO4. The standard InChI is InChI=1S/C21H22ClNO4/c1-3-26-21(24)20-18(17-11-6-14(22)13-19(17)23-20)5-4-12-27-16-9-7-15(25-2)8-10-16/h6-11,13,23H,3-5,12H2,1-2H3. The Hall–Kier alpha value is -2.66. The number of nitrogens with one attached hydrogen (secondary N) is 1. The molecule has 1 N–H and O–H groups in total. The fourth-order valence-corrected chi connectivity index (χ4v) is 3.15. The number of methoxy groups -OCH3 is 1. The van der Waals surface area contributed by atoms with Gasteiger partial charge in [0.05, 0.1) is 20.3 Å². The van der Waals surface area contributed by atoms with E-state index in [0.29, 0.717) is 30.4 Å². The molecule has 0 saturated carbocycles. The summed E-state index contributed by atoms with van der Waals surface area (Å²) in [5.41, 5.74) is 2.24. The van der Waals surface area contributed by atoms with Crippen LogP contribution in [0, 0.1) is 0 Å². The third-order valence-corrected chi connectivity index (χ3v) is 4.48. The van der Waals surface area contributed by atoms with E-state index >= 15 is 0 Å². The number of aryl methyl sites for hydroxylation is 1. The molecule has 3 aromatic rings. The topological polar surface area (TPSA) is 60.6 Å². The average molecular weight is 388 g/mol. The van der Waals surface area contributed by atoms with Crippen LogP contribution in [0.4, 0.5) is 0 Å². The van der Waals surface area contributed by atoms with E-state index in [2.05, 4.69) is 4.98 Å². The first-order valence-corrected chi connectivity index (χ1v) is 9.24. The Morgan fingerprint density at radius 1 is 1.11 bits per heavy atom. The third kappa shape index (κ3) is 4.55. The lowest BCUT2D eigenvalue weighted by atomic mass is 10.1. The maximum Gasteiger partial charge on any atom is 0.355 e. The smallest absolute Gasteiger partial charge is 0.355 e. The van der Waals surface area contributed by atoms with E-state index in [1.165, 1.54) is 0 Å². The highest BCUT2D eigenvalue weighted by atomic mass is 35.5. The number of carbonyl (C=O) groups excluding carboxylic acids is 1. The predicted octanol–water partition coefficient (Wildman–Crippen LogP) is 5.02. The van der Waals surface area contributed by atoms with Gasteiger partial charge in [0.1, 0.15) is 17.2 Å². The number of ether oxygens (including phenoxy) is 3. The van der Waals surface area contributed by atoms with Gasteiger partial charge in [-0.25, -0.2) is 4.79 Å². The number of halogens is 1. The number of hydrogen-bond acceptors (Lipinski definition) is 4. The van der Waals surface area contributed by atoms with Gasteiger partial charge in [0, 0.05) is 15.9 Å². The Morgan fingerprint density at radius 3 is 2.56 bits per heavy atom. The highest BCUT2D eigenvalue weighted by molar-refractivity contribution is 6.31. The normalized spacial score (nSPS) is 10.8. The second-order valence-corrected chi connectivity index (χ2v) is 6.45. The Balaban J connectivity index is 1.70. The molecule has 2 aromatic carbocycles. The van der Waals surface area contributed by atoms with Crippen LogP contribution in [0.15, 0.2) is 42.5 Å². The Morgan fingerprint density at radius 2 is 1.85 bits per heavy atom. The number of esters is 1. The second-order valence-electron chi connectivity index (χ2n) is 6.02. The highest BCUT2D eigenvalue weighted by Gasteiger charge is 2.18. The summed E-state index contributed by atoms with van der Waals surface area (Å²) in [5, 5.41) is 1.60. The molecule has 1 aromatic heterocycles. The lowest BCUT2D eigenvalue weighted by molar-refractivity contribution is 0.0519. The summed E-state index contributed by atoms with van der Waals surface area (Å²) >= 11 is 6.07. The molecule has 0 unspecified atom stereocenters. The largest absolute Gasteiger partial charge is 0.497 e. The first kappa shape index (κ1) is 19.1. The minimum atomic E-state index is -0.351. The van der Waals surface area contributed by atoms with Crippen molar-refractivity contribution in [1.29, 1.82) is 0 Å². The molecule has 0 spiro atoms. The van der Waals surface area contributed by atoms with E-state index in [1.54, 1.807) is 14.0 Å². The van der Waals surface area contributed by atoms with Gasteiger partial charge in [0.25, 0.3) is 0 Å². The molecule has 0 bridgehead atoms. The molecule has 142 valence electrons. The Bertz CT molecular complexity index is 918. The van der Waals surface area contributed by atoms with Gasteiger partial charge in [0.15, 0.2) is 0 Å². The summed E-state index contributed by atoms with van der Waals surface area (Å²) in [7, 11) is 1.63. The number of H-pyrrole nitrogens is 1. The molecule has 27 heavy (non-hydrogen) atoms. The number of fused-ring (bicyclic) bond motifs is 1. The van der Waals surface area contributed by atoms with Crippen LogP contribution < -0.4 is 9.47 Å². The first-order chi connectivity index (χ1) is 13.1.